The summed E-state index contributed by atoms with van der Waals surface area (Å²) in [6.07, 6.45) is 0.938. The molecule has 0 amide bonds. The van der Waals surface area contributed by atoms with Crippen LogP contribution in [0.1, 0.15) is 40.4 Å². The van der Waals surface area contributed by atoms with Gasteiger partial charge in [0, 0.05) is 16.5 Å². The number of rotatable bonds is 4. The minimum atomic E-state index is 0.181. The van der Waals surface area contributed by atoms with E-state index in [4.69, 9.17) is 4.74 Å². The summed E-state index contributed by atoms with van der Waals surface area (Å²) in [4.78, 5) is 12.9. The molecular weight excluding hydrogens is 268 g/mol. The first-order chi connectivity index (χ1) is 9.54. The van der Waals surface area contributed by atoms with Gasteiger partial charge in [-0.3, -0.25) is 4.79 Å². The molecule has 0 spiro atoms. The monoisotopic (exact) mass is 293 g/mol. The molecule has 1 atom stereocenters. The Balaban J connectivity index is 2.24. The van der Waals surface area contributed by atoms with E-state index in [0.717, 1.165) is 36.7 Å². The van der Waals surface area contributed by atoms with Crippen LogP contribution in [0.3, 0.4) is 0 Å². The van der Waals surface area contributed by atoms with Crippen LogP contribution in [0, 0.1) is 20.8 Å². The van der Waals surface area contributed by atoms with Crippen molar-refractivity contribution >= 4 is 16.7 Å². The first-order valence-electron chi connectivity index (χ1n) is 7.40. The Bertz CT molecular complexity index is 467. The van der Waals surface area contributed by atoms with Crippen molar-refractivity contribution in [1.29, 1.82) is 0 Å². The van der Waals surface area contributed by atoms with E-state index < -0.39 is 0 Å². The molecule has 110 valence electrons. The van der Waals surface area contributed by atoms with Gasteiger partial charge < -0.3 is 4.74 Å². The van der Waals surface area contributed by atoms with Crippen LogP contribution in [0.15, 0.2) is 12.1 Å². The molecule has 2 nitrogen and oxygen atoms in total. The number of hydrogen-bond donors (Lipinski definition) is 0. The van der Waals surface area contributed by atoms with Crippen LogP contribution in [-0.4, -0.2) is 35.8 Å². The Morgan fingerprint density at radius 1 is 1.20 bits per heavy atom. The van der Waals surface area contributed by atoms with Crippen LogP contribution in [0.2, 0.25) is 0 Å². The zero-order valence-electron chi connectivity index (χ0n) is 13.0. The van der Waals surface area contributed by atoms with Gasteiger partial charge in [0.15, 0.2) is 5.25 Å². The molecule has 1 aliphatic rings. The molecule has 20 heavy (non-hydrogen) atoms. The maximum absolute atomic E-state index is 12.9. The molecule has 2 rings (SSSR count). The third-order valence-electron chi connectivity index (χ3n) is 4.26. The molecule has 0 bridgehead atoms. The number of benzene rings is 1. The number of hydrogen-bond acceptors (Lipinski definition) is 2. The van der Waals surface area contributed by atoms with E-state index in [1.807, 2.05) is 0 Å². The Morgan fingerprint density at radius 3 is 2.25 bits per heavy atom. The van der Waals surface area contributed by atoms with Gasteiger partial charge in [0.25, 0.3) is 0 Å². The zero-order chi connectivity index (χ0) is 14.7. The fraction of sp³-hybridized carbons (Fsp3) is 0.588. The number of ketones is 1. The Morgan fingerprint density at radius 2 is 1.75 bits per heavy atom. The maximum Gasteiger partial charge on any atom is 0.214 e. The van der Waals surface area contributed by atoms with Gasteiger partial charge in [-0.2, -0.15) is 0 Å². The first kappa shape index (κ1) is 15.6. The van der Waals surface area contributed by atoms with E-state index in [-0.39, 0.29) is 16.1 Å². The van der Waals surface area contributed by atoms with Crippen molar-refractivity contribution in [3.8, 4) is 0 Å². The van der Waals surface area contributed by atoms with Crippen molar-refractivity contribution in [1.82, 2.24) is 0 Å². The van der Waals surface area contributed by atoms with Crippen molar-refractivity contribution in [2.24, 2.45) is 0 Å². The summed E-state index contributed by atoms with van der Waals surface area (Å²) >= 11 is 0. The van der Waals surface area contributed by atoms with Gasteiger partial charge in [0.1, 0.15) is 11.5 Å². The molecule has 0 saturated carbocycles. The average molecular weight is 293 g/mol. The predicted octanol–water partition coefficient (Wildman–Crippen LogP) is 3.22. The van der Waals surface area contributed by atoms with Gasteiger partial charge in [0.05, 0.1) is 13.2 Å². The van der Waals surface area contributed by atoms with Crippen LogP contribution in [0.5, 0.6) is 0 Å². The fourth-order valence-electron chi connectivity index (χ4n) is 2.76. The molecule has 0 aromatic heterocycles. The number of Topliss-reactive ketones (excluding diaryl/α,β-unsaturated/α-hetero) is 1. The molecule has 1 fully saturated rings. The summed E-state index contributed by atoms with van der Waals surface area (Å²) < 4.78 is 5.43. The molecule has 3 heteroatoms. The third kappa shape index (κ3) is 3.26. The highest BCUT2D eigenvalue weighted by atomic mass is 32.2. The summed E-state index contributed by atoms with van der Waals surface area (Å²) in [5.41, 5.74) is 4.64. The molecule has 1 saturated heterocycles. The molecule has 0 radical (unpaired) electrons. The molecular formula is C17H25O2S+. The van der Waals surface area contributed by atoms with Gasteiger partial charge in [-0.15, -0.1) is 0 Å². The predicted molar refractivity (Wildman–Crippen MR) is 87.0 cm³/mol. The number of carbonyl (C=O) groups excluding carboxylic acids is 1. The summed E-state index contributed by atoms with van der Waals surface area (Å²) in [5, 5.41) is 0.181. The van der Waals surface area contributed by atoms with E-state index in [9.17, 15) is 4.79 Å². The van der Waals surface area contributed by atoms with E-state index >= 15 is 0 Å². The Labute approximate surface area is 125 Å². The second-order valence-corrected chi connectivity index (χ2v) is 8.01. The highest BCUT2D eigenvalue weighted by Gasteiger charge is 2.37. The Kier molecular flexibility index (Phi) is 5.28. The van der Waals surface area contributed by atoms with Crippen LogP contribution in [0.25, 0.3) is 0 Å². The summed E-state index contributed by atoms with van der Waals surface area (Å²) in [7, 11) is 0.194. The van der Waals surface area contributed by atoms with Crippen LogP contribution in [0.4, 0.5) is 0 Å². The quantitative estimate of drug-likeness (QED) is 0.629. The lowest BCUT2D eigenvalue weighted by atomic mass is 9.97. The Hall–Kier alpha value is -0.800. The standard InChI is InChI=1S/C17H25O2S/c1-5-16(20-8-6-19-7-9-20)17(18)15-10-12(2)14(4)13(3)11-15/h10-11,16H,5-9H2,1-4H3/q+1. The summed E-state index contributed by atoms with van der Waals surface area (Å²) in [6.45, 7) is 10.1. The van der Waals surface area contributed by atoms with Crippen molar-refractivity contribution in [3.63, 3.8) is 0 Å². The molecule has 1 aromatic carbocycles. The third-order valence-corrected chi connectivity index (χ3v) is 6.99. The van der Waals surface area contributed by atoms with E-state index in [1.165, 1.54) is 16.7 Å². The number of aryl methyl sites for hydroxylation is 2. The highest BCUT2D eigenvalue weighted by Crippen LogP contribution is 2.22. The lowest BCUT2D eigenvalue weighted by molar-refractivity contribution is 0.0985. The van der Waals surface area contributed by atoms with Crippen molar-refractivity contribution < 1.29 is 9.53 Å². The normalized spacial score (nSPS) is 18.0. The van der Waals surface area contributed by atoms with Crippen molar-refractivity contribution in [2.75, 3.05) is 24.7 Å². The molecule has 1 heterocycles. The average Bonchev–Trinajstić information content (AvgIpc) is 2.46. The number of ether oxygens (including phenoxy) is 1. The van der Waals surface area contributed by atoms with Crippen LogP contribution in [-0.2, 0) is 15.6 Å². The SMILES string of the molecule is CCC(C(=O)c1cc(C)c(C)c(C)c1)[S+]1CCOCC1. The maximum atomic E-state index is 12.9. The number of carbonyl (C=O) groups is 1. The summed E-state index contributed by atoms with van der Waals surface area (Å²) in [6, 6.07) is 4.13. The van der Waals surface area contributed by atoms with Gasteiger partial charge in [-0.25, -0.2) is 0 Å². The van der Waals surface area contributed by atoms with Gasteiger partial charge >= 0.3 is 0 Å². The minimum absolute atomic E-state index is 0.181. The van der Waals surface area contributed by atoms with E-state index in [2.05, 4.69) is 39.8 Å². The van der Waals surface area contributed by atoms with Crippen LogP contribution < -0.4 is 0 Å². The molecule has 0 N–H and O–H groups in total. The zero-order valence-corrected chi connectivity index (χ0v) is 13.8. The minimum Gasteiger partial charge on any atom is -0.372 e. The molecule has 0 aliphatic carbocycles. The van der Waals surface area contributed by atoms with E-state index in [0.29, 0.717) is 5.78 Å². The lowest BCUT2D eigenvalue weighted by Crippen LogP contribution is -2.39. The lowest BCUT2D eigenvalue weighted by Gasteiger charge is -2.21. The largest absolute Gasteiger partial charge is 0.372 e. The first-order valence-corrected chi connectivity index (χ1v) is 9.03. The smallest absolute Gasteiger partial charge is 0.214 e. The van der Waals surface area contributed by atoms with Crippen molar-refractivity contribution in [2.45, 2.75) is 39.4 Å². The van der Waals surface area contributed by atoms with Crippen LogP contribution >= 0.6 is 0 Å². The van der Waals surface area contributed by atoms with Crippen molar-refractivity contribution in [3.05, 3.63) is 34.4 Å². The van der Waals surface area contributed by atoms with Gasteiger partial charge in [-0.1, -0.05) is 6.92 Å². The van der Waals surface area contributed by atoms with E-state index in [1.54, 1.807) is 0 Å². The molecule has 1 aliphatic heterocycles. The fourth-order valence-corrected chi connectivity index (χ4v) is 5.10. The van der Waals surface area contributed by atoms with Gasteiger partial charge in [0.2, 0.25) is 5.78 Å². The second kappa shape index (κ2) is 6.77. The highest BCUT2D eigenvalue weighted by molar-refractivity contribution is 7.98. The topological polar surface area (TPSA) is 26.3 Å². The molecule has 1 unspecified atom stereocenters. The summed E-state index contributed by atoms with van der Waals surface area (Å²) in [5.74, 6) is 2.44. The second-order valence-electron chi connectivity index (χ2n) is 5.55. The van der Waals surface area contributed by atoms with Gasteiger partial charge in [-0.05, 0) is 56.0 Å². The molecule has 1 aromatic rings.